The van der Waals surface area contributed by atoms with Crippen molar-refractivity contribution in [2.45, 2.75) is 31.4 Å². The van der Waals surface area contributed by atoms with E-state index < -0.39 is 5.97 Å². The van der Waals surface area contributed by atoms with Crippen LogP contribution in [0.2, 0.25) is 0 Å². The van der Waals surface area contributed by atoms with Crippen LogP contribution in [-0.2, 0) is 9.53 Å². The van der Waals surface area contributed by atoms with Gasteiger partial charge in [0.15, 0.2) is 6.61 Å². The number of methoxy groups -OCH3 is 1. The molecule has 5 heteroatoms. The molecule has 184 valence electrons. The van der Waals surface area contributed by atoms with E-state index in [0.717, 1.165) is 18.7 Å². The maximum absolute atomic E-state index is 11.4. The molecule has 1 heterocycles. The fourth-order valence-electron chi connectivity index (χ4n) is 4.98. The van der Waals surface area contributed by atoms with Crippen molar-refractivity contribution < 1.29 is 19.0 Å². The normalized spacial score (nSPS) is 17.6. The highest BCUT2D eigenvalue weighted by Gasteiger charge is 2.29. The summed E-state index contributed by atoms with van der Waals surface area (Å²) in [6.07, 6.45) is 0.909. The topological polar surface area (TPSA) is 56.8 Å². The van der Waals surface area contributed by atoms with Crippen LogP contribution in [0.3, 0.4) is 0 Å². The molecule has 5 nitrogen and oxygen atoms in total. The van der Waals surface area contributed by atoms with Gasteiger partial charge in [-0.1, -0.05) is 72.8 Å². The molecular weight excluding hydrogens is 450 g/mol. The molecule has 3 atom stereocenters. The van der Waals surface area contributed by atoms with E-state index in [2.05, 4.69) is 89.8 Å². The summed E-state index contributed by atoms with van der Waals surface area (Å²) in [6, 6.07) is 31.4. The average molecular weight is 482 g/mol. The van der Waals surface area contributed by atoms with Gasteiger partial charge in [-0.2, -0.15) is 0 Å². The number of fused-ring (bicyclic) bond motifs is 2. The Balaban J connectivity index is 1.30. The van der Waals surface area contributed by atoms with Crippen LogP contribution < -0.4 is 14.8 Å². The van der Waals surface area contributed by atoms with E-state index in [4.69, 9.17) is 9.47 Å². The third-order valence-corrected chi connectivity index (χ3v) is 6.90. The first-order chi connectivity index (χ1) is 17.6. The molecule has 1 N–H and O–H groups in total. The zero-order valence-electron chi connectivity index (χ0n) is 20.6. The SMILES string of the molecule is COC(=O)COc1ccc([C@H]2C[C@@H](CN[C@H](C)c3cccc4ccccc34)Oc3ccccc32)cc1. The van der Waals surface area contributed by atoms with Crippen molar-refractivity contribution >= 4 is 16.7 Å². The van der Waals surface area contributed by atoms with Crippen molar-refractivity contribution in [2.75, 3.05) is 20.3 Å². The molecule has 0 bridgehead atoms. The zero-order valence-corrected chi connectivity index (χ0v) is 20.6. The van der Waals surface area contributed by atoms with Gasteiger partial charge in [-0.25, -0.2) is 4.79 Å². The Bertz CT molecular complexity index is 1330. The summed E-state index contributed by atoms with van der Waals surface area (Å²) in [5, 5.41) is 6.25. The quantitative estimate of drug-likeness (QED) is 0.312. The monoisotopic (exact) mass is 481 g/mol. The molecule has 36 heavy (non-hydrogen) atoms. The van der Waals surface area contributed by atoms with Gasteiger partial charge in [0.25, 0.3) is 0 Å². The van der Waals surface area contributed by atoms with Crippen LogP contribution in [0.1, 0.15) is 42.0 Å². The first kappa shape index (κ1) is 23.9. The summed E-state index contributed by atoms with van der Waals surface area (Å²) in [6.45, 7) is 2.86. The highest BCUT2D eigenvalue weighted by Crippen LogP contribution is 2.40. The number of esters is 1. The number of carbonyl (C=O) groups excluding carboxylic acids is 1. The van der Waals surface area contributed by atoms with Crippen molar-refractivity contribution in [3.05, 3.63) is 108 Å². The molecule has 0 saturated carbocycles. The van der Waals surface area contributed by atoms with E-state index in [0.29, 0.717) is 5.75 Å². The lowest BCUT2D eigenvalue weighted by Gasteiger charge is -2.33. The number of ether oxygens (including phenoxy) is 3. The average Bonchev–Trinajstić information content (AvgIpc) is 2.94. The van der Waals surface area contributed by atoms with Gasteiger partial charge in [-0.15, -0.1) is 0 Å². The molecule has 0 aromatic heterocycles. The second-order valence-electron chi connectivity index (χ2n) is 9.20. The maximum atomic E-state index is 11.4. The van der Waals surface area contributed by atoms with Crippen LogP contribution in [0.25, 0.3) is 10.8 Å². The van der Waals surface area contributed by atoms with Gasteiger partial charge >= 0.3 is 5.97 Å². The van der Waals surface area contributed by atoms with E-state index in [1.165, 1.54) is 34.6 Å². The van der Waals surface area contributed by atoms with E-state index in [9.17, 15) is 4.79 Å². The minimum atomic E-state index is -0.398. The second kappa shape index (κ2) is 10.8. The summed E-state index contributed by atoms with van der Waals surface area (Å²) in [5.41, 5.74) is 3.69. The summed E-state index contributed by atoms with van der Waals surface area (Å²) >= 11 is 0. The minimum Gasteiger partial charge on any atom is -0.489 e. The summed E-state index contributed by atoms with van der Waals surface area (Å²) in [5.74, 6) is 1.39. The molecule has 0 radical (unpaired) electrons. The van der Waals surface area contributed by atoms with Crippen LogP contribution in [-0.4, -0.2) is 32.3 Å². The smallest absolute Gasteiger partial charge is 0.343 e. The van der Waals surface area contributed by atoms with E-state index in [-0.39, 0.29) is 24.7 Å². The van der Waals surface area contributed by atoms with Crippen molar-refractivity contribution in [1.82, 2.24) is 5.32 Å². The van der Waals surface area contributed by atoms with Gasteiger partial charge < -0.3 is 19.5 Å². The van der Waals surface area contributed by atoms with E-state index in [1.807, 2.05) is 18.2 Å². The number of rotatable bonds is 8. The Labute approximate surface area is 212 Å². The number of hydrogen-bond donors (Lipinski definition) is 1. The van der Waals surface area contributed by atoms with Crippen molar-refractivity contribution in [3.63, 3.8) is 0 Å². The van der Waals surface area contributed by atoms with Crippen LogP contribution in [0.15, 0.2) is 91.0 Å². The van der Waals surface area contributed by atoms with Gasteiger partial charge in [0.1, 0.15) is 17.6 Å². The highest BCUT2D eigenvalue weighted by atomic mass is 16.6. The number of nitrogens with one attached hydrogen (secondary N) is 1. The molecule has 4 aromatic rings. The third-order valence-electron chi connectivity index (χ3n) is 6.90. The van der Waals surface area contributed by atoms with Gasteiger partial charge in [0.2, 0.25) is 0 Å². The standard InChI is InChI=1S/C31H31NO4/c1-21(26-12-7-9-22-8-3-4-10-27(22)26)32-19-25-18-29(28-11-5-6-13-30(28)36-25)23-14-16-24(17-15-23)35-20-31(33)34-2/h3-17,21,25,29,32H,18-20H2,1-2H3/t21-,25+,29-/m1/s1. The molecule has 0 aliphatic carbocycles. The Kier molecular flexibility index (Phi) is 7.19. The maximum Gasteiger partial charge on any atom is 0.343 e. The Morgan fingerprint density at radius 3 is 2.56 bits per heavy atom. The third kappa shape index (κ3) is 5.21. The van der Waals surface area contributed by atoms with Gasteiger partial charge in [-0.05, 0) is 53.4 Å². The fraction of sp³-hybridized carbons (Fsp3) is 0.258. The van der Waals surface area contributed by atoms with Gasteiger partial charge in [0, 0.05) is 24.1 Å². The molecule has 5 rings (SSSR count). The van der Waals surface area contributed by atoms with Crippen molar-refractivity contribution in [1.29, 1.82) is 0 Å². The number of benzene rings is 4. The number of carbonyl (C=O) groups is 1. The molecule has 1 aliphatic rings. The molecule has 0 unspecified atom stereocenters. The summed E-state index contributed by atoms with van der Waals surface area (Å²) in [7, 11) is 1.35. The van der Waals surface area contributed by atoms with Crippen molar-refractivity contribution in [3.8, 4) is 11.5 Å². The minimum absolute atomic E-state index is 0.0394. The zero-order chi connectivity index (χ0) is 24.9. The largest absolute Gasteiger partial charge is 0.489 e. The number of para-hydroxylation sites is 1. The highest BCUT2D eigenvalue weighted by molar-refractivity contribution is 5.86. The van der Waals surface area contributed by atoms with Crippen LogP contribution in [0.4, 0.5) is 0 Å². The predicted molar refractivity (Wildman–Crippen MR) is 142 cm³/mol. The molecule has 0 spiro atoms. The van der Waals surface area contributed by atoms with Crippen LogP contribution in [0, 0.1) is 0 Å². The fourth-order valence-corrected chi connectivity index (χ4v) is 4.98. The first-order valence-corrected chi connectivity index (χ1v) is 12.4. The molecule has 1 aliphatic heterocycles. The van der Waals surface area contributed by atoms with Crippen molar-refractivity contribution in [2.24, 2.45) is 0 Å². The second-order valence-corrected chi connectivity index (χ2v) is 9.20. The predicted octanol–water partition coefficient (Wildman–Crippen LogP) is 6.03. The summed E-state index contributed by atoms with van der Waals surface area (Å²) in [4.78, 5) is 11.4. The molecular formula is C31H31NO4. The van der Waals surface area contributed by atoms with Gasteiger partial charge in [0.05, 0.1) is 7.11 Å². The lowest BCUT2D eigenvalue weighted by Crippen LogP contribution is -2.37. The Morgan fingerprint density at radius 1 is 0.972 bits per heavy atom. The van der Waals surface area contributed by atoms with Crippen LogP contribution >= 0.6 is 0 Å². The summed E-state index contributed by atoms with van der Waals surface area (Å²) < 4.78 is 16.6. The molecule has 0 saturated heterocycles. The van der Waals surface area contributed by atoms with Gasteiger partial charge in [-0.3, -0.25) is 0 Å². The Hall–Kier alpha value is -3.83. The Morgan fingerprint density at radius 2 is 1.72 bits per heavy atom. The first-order valence-electron chi connectivity index (χ1n) is 12.4. The van der Waals surface area contributed by atoms with E-state index >= 15 is 0 Å². The molecule has 0 fully saturated rings. The van der Waals surface area contributed by atoms with Crippen LogP contribution in [0.5, 0.6) is 11.5 Å². The molecule has 0 amide bonds. The molecule has 4 aromatic carbocycles. The van der Waals surface area contributed by atoms with E-state index in [1.54, 1.807) is 0 Å². The lowest BCUT2D eigenvalue weighted by molar-refractivity contribution is -0.142. The number of hydrogen-bond acceptors (Lipinski definition) is 5. The lowest BCUT2D eigenvalue weighted by atomic mass is 9.84.